The predicted octanol–water partition coefficient (Wildman–Crippen LogP) is 3.11. The number of H-pyrrole nitrogens is 1. The van der Waals surface area contributed by atoms with Gasteiger partial charge in [0.15, 0.2) is 9.84 Å². The molecule has 13 heteroatoms. The van der Waals surface area contributed by atoms with Crippen LogP contribution in [-0.4, -0.2) is 78.6 Å². The van der Waals surface area contributed by atoms with Gasteiger partial charge in [-0.1, -0.05) is 0 Å². The minimum atomic E-state index is -3.31. The van der Waals surface area contributed by atoms with Gasteiger partial charge in [-0.3, -0.25) is 14.8 Å². The van der Waals surface area contributed by atoms with Crippen molar-refractivity contribution in [3.05, 3.63) is 52.2 Å². The molecule has 200 valence electrons. The molecule has 0 radical (unpaired) electrons. The van der Waals surface area contributed by atoms with Crippen LogP contribution >= 0.6 is 11.3 Å². The van der Waals surface area contributed by atoms with Gasteiger partial charge in [-0.15, -0.1) is 11.3 Å². The van der Waals surface area contributed by atoms with Crippen LogP contribution in [0.1, 0.15) is 28.0 Å². The van der Waals surface area contributed by atoms with Gasteiger partial charge in [0.2, 0.25) is 5.88 Å². The first-order valence-electron chi connectivity index (χ1n) is 12.0. The number of hydrogen-bond donors (Lipinski definition) is 2. The van der Waals surface area contributed by atoms with Crippen molar-refractivity contribution in [3.63, 3.8) is 0 Å². The minimum absolute atomic E-state index is 0.180. The van der Waals surface area contributed by atoms with Crippen LogP contribution in [-0.2, 0) is 26.9 Å². The topological polar surface area (TPSA) is 139 Å². The molecule has 11 nitrogen and oxygen atoms in total. The maximum Gasteiger partial charge on any atom is 0.275 e. The van der Waals surface area contributed by atoms with Crippen LogP contribution in [0.5, 0.6) is 5.88 Å². The zero-order valence-electron chi connectivity index (χ0n) is 21.2. The van der Waals surface area contributed by atoms with Gasteiger partial charge < -0.3 is 14.8 Å². The number of carbonyl (C=O) groups is 1. The molecule has 1 unspecified atom stereocenters. The molecule has 2 N–H and O–H groups in total. The third-order valence-electron chi connectivity index (χ3n) is 6.15. The van der Waals surface area contributed by atoms with Gasteiger partial charge in [-0.2, -0.15) is 5.10 Å². The molecule has 0 bridgehead atoms. The van der Waals surface area contributed by atoms with Crippen molar-refractivity contribution in [3.8, 4) is 17.0 Å². The van der Waals surface area contributed by atoms with E-state index in [4.69, 9.17) is 9.47 Å². The molecule has 1 atom stereocenters. The number of nitrogens with zero attached hydrogens (tertiary/aromatic N) is 4. The van der Waals surface area contributed by atoms with E-state index >= 15 is 0 Å². The monoisotopic (exact) mass is 556 g/mol. The number of aromatic nitrogens is 4. The minimum Gasteiger partial charge on any atom is -0.481 e. The molecular weight excluding hydrogens is 528 g/mol. The molecule has 4 aromatic rings. The second-order valence-electron chi connectivity index (χ2n) is 9.31. The molecule has 0 spiro atoms. The van der Waals surface area contributed by atoms with Crippen LogP contribution in [0.15, 0.2) is 36.0 Å². The third kappa shape index (κ3) is 6.01. The Labute approximate surface area is 224 Å². The maximum absolute atomic E-state index is 13.2. The number of thiazole rings is 1. The number of hydrogen-bond acceptors (Lipinski definition) is 10. The summed E-state index contributed by atoms with van der Waals surface area (Å²) in [4.78, 5) is 24.3. The van der Waals surface area contributed by atoms with Crippen LogP contribution < -0.4 is 10.1 Å². The molecule has 3 aromatic heterocycles. The molecular formula is C25H28N6O5S2. The number of fused-ring (bicyclic) bond motifs is 1. The Balaban J connectivity index is 1.40. The normalized spacial score (nSPS) is 16.6. The van der Waals surface area contributed by atoms with E-state index in [0.29, 0.717) is 41.2 Å². The number of methoxy groups -OCH3 is 1. The standard InChI is InChI=1S/C25H28N6O5S2/c1-15-11-31(4-5-36-15)12-23-28-22(13-37-23)24(32)29-20-7-16(8-21-19(20)10-27-30-21)17-6-18(14-38(3,33)34)25(35-2)26-9-17/h6-10,13,15H,4-5,11-12,14H2,1-3H3,(H,27,30)(H,29,32). The molecule has 38 heavy (non-hydrogen) atoms. The average Bonchev–Trinajstić information content (AvgIpc) is 3.53. The Morgan fingerprint density at radius 2 is 2.13 bits per heavy atom. The molecule has 1 aromatic carbocycles. The summed E-state index contributed by atoms with van der Waals surface area (Å²) in [5, 5.41) is 13.4. The molecule has 1 aliphatic heterocycles. The average molecular weight is 557 g/mol. The first-order chi connectivity index (χ1) is 18.2. The number of morpholine rings is 1. The molecule has 1 amide bonds. The number of amides is 1. The number of sulfone groups is 1. The molecule has 1 saturated heterocycles. The number of pyridine rings is 1. The van der Waals surface area contributed by atoms with Crippen molar-refractivity contribution in [2.75, 3.05) is 38.4 Å². The number of benzene rings is 1. The molecule has 1 aliphatic rings. The summed E-state index contributed by atoms with van der Waals surface area (Å²) in [6.45, 7) is 5.08. The van der Waals surface area contributed by atoms with Gasteiger partial charge in [0.1, 0.15) is 10.7 Å². The second kappa shape index (κ2) is 10.8. The summed E-state index contributed by atoms with van der Waals surface area (Å²) in [7, 11) is -1.86. The van der Waals surface area contributed by atoms with Crippen molar-refractivity contribution in [1.82, 2.24) is 25.1 Å². The SMILES string of the molecule is COc1ncc(-c2cc(NC(=O)c3csc(CN4CCOC(C)C4)n3)c3cn[nH]c3c2)cc1CS(C)(=O)=O. The summed E-state index contributed by atoms with van der Waals surface area (Å²) in [6.07, 6.45) is 4.59. The lowest BCUT2D eigenvalue weighted by Crippen LogP contribution is -2.40. The molecule has 0 aliphatic carbocycles. The Bertz CT molecular complexity index is 1580. The van der Waals surface area contributed by atoms with Gasteiger partial charge in [-0.25, -0.2) is 18.4 Å². The van der Waals surface area contributed by atoms with Crippen LogP contribution in [0.3, 0.4) is 0 Å². The number of aromatic amines is 1. The third-order valence-corrected chi connectivity index (χ3v) is 7.81. The van der Waals surface area contributed by atoms with Gasteiger partial charge >= 0.3 is 0 Å². The van der Waals surface area contributed by atoms with Crippen LogP contribution in [0.4, 0.5) is 5.69 Å². The first-order valence-corrected chi connectivity index (χ1v) is 14.9. The van der Waals surface area contributed by atoms with E-state index in [-0.39, 0.29) is 23.6 Å². The summed E-state index contributed by atoms with van der Waals surface area (Å²) in [5.74, 6) is -0.281. The Morgan fingerprint density at radius 3 is 2.89 bits per heavy atom. The number of anilines is 1. The maximum atomic E-state index is 13.2. The van der Waals surface area contributed by atoms with E-state index in [2.05, 4.69) is 30.4 Å². The summed E-state index contributed by atoms with van der Waals surface area (Å²) in [5.41, 5.74) is 3.45. The van der Waals surface area contributed by atoms with Crippen molar-refractivity contribution in [1.29, 1.82) is 0 Å². The fourth-order valence-corrected chi connectivity index (χ4v) is 6.03. The number of rotatable bonds is 8. The van der Waals surface area contributed by atoms with E-state index < -0.39 is 9.84 Å². The van der Waals surface area contributed by atoms with Gasteiger partial charge in [0.25, 0.3) is 5.91 Å². The highest BCUT2D eigenvalue weighted by Crippen LogP contribution is 2.32. The van der Waals surface area contributed by atoms with Crippen LogP contribution in [0.25, 0.3) is 22.0 Å². The van der Waals surface area contributed by atoms with E-state index in [9.17, 15) is 13.2 Å². The summed E-state index contributed by atoms with van der Waals surface area (Å²) in [6, 6.07) is 5.41. The van der Waals surface area contributed by atoms with E-state index in [1.54, 1.807) is 23.8 Å². The van der Waals surface area contributed by atoms with Gasteiger partial charge in [-0.05, 0) is 30.7 Å². The van der Waals surface area contributed by atoms with E-state index in [1.165, 1.54) is 18.4 Å². The largest absolute Gasteiger partial charge is 0.481 e. The quantitative estimate of drug-likeness (QED) is 0.335. The molecule has 5 rings (SSSR count). The Kier molecular flexibility index (Phi) is 7.43. The molecule has 1 fully saturated rings. The number of ether oxygens (including phenoxy) is 2. The molecule has 0 saturated carbocycles. The zero-order chi connectivity index (χ0) is 26.9. The fraction of sp³-hybridized carbons (Fsp3) is 0.360. The second-order valence-corrected chi connectivity index (χ2v) is 12.4. The lowest BCUT2D eigenvalue weighted by Gasteiger charge is -2.30. The van der Waals surface area contributed by atoms with E-state index in [0.717, 1.165) is 35.3 Å². The van der Waals surface area contributed by atoms with Crippen molar-refractivity contribution in [2.24, 2.45) is 0 Å². The van der Waals surface area contributed by atoms with Crippen molar-refractivity contribution < 1.29 is 22.7 Å². The summed E-state index contributed by atoms with van der Waals surface area (Å²) < 4.78 is 34.7. The number of nitrogens with one attached hydrogen (secondary N) is 2. The lowest BCUT2D eigenvalue weighted by atomic mass is 10.0. The first kappa shape index (κ1) is 26.2. The van der Waals surface area contributed by atoms with Crippen molar-refractivity contribution in [2.45, 2.75) is 25.3 Å². The highest BCUT2D eigenvalue weighted by Gasteiger charge is 2.20. The summed E-state index contributed by atoms with van der Waals surface area (Å²) >= 11 is 1.46. The number of carbonyl (C=O) groups excluding carboxylic acids is 1. The van der Waals surface area contributed by atoms with Crippen LogP contribution in [0, 0.1) is 0 Å². The van der Waals surface area contributed by atoms with Crippen LogP contribution in [0.2, 0.25) is 0 Å². The van der Waals surface area contributed by atoms with Crippen molar-refractivity contribution >= 4 is 43.7 Å². The van der Waals surface area contributed by atoms with Gasteiger partial charge in [0.05, 0.1) is 49.5 Å². The lowest BCUT2D eigenvalue weighted by molar-refractivity contribution is -0.0212. The Hall–Kier alpha value is -3.39. The van der Waals surface area contributed by atoms with E-state index in [1.807, 2.05) is 19.1 Å². The zero-order valence-corrected chi connectivity index (χ0v) is 22.9. The highest BCUT2D eigenvalue weighted by molar-refractivity contribution is 7.89. The highest BCUT2D eigenvalue weighted by atomic mass is 32.2. The van der Waals surface area contributed by atoms with Gasteiger partial charge in [0, 0.05) is 47.4 Å². The predicted molar refractivity (Wildman–Crippen MR) is 145 cm³/mol. The Morgan fingerprint density at radius 1 is 1.29 bits per heavy atom. The smallest absolute Gasteiger partial charge is 0.275 e. The molecule has 4 heterocycles. The fourth-order valence-electron chi connectivity index (χ4n) is 4.45.